The zero-order valence-electron chi connectivity index (χ0n) is 48.9. The average Bonchev–Trinajstić information content (AvgIpc) is 3.39. The van der Waals surface area contributed by atoms with Crippen LogP contribution in [0, 0.1) is 0 Å². The Hall–Kier alpha value is -0.900. The first-order chi connectivity index (χ1) is 36.5. The molecule has 7 atom stereocenters. The third kappa shape index (κ3) is 44.5. The van der Waals surface area contributed by atoms with Gasteiger partial charge in [-0.15, -0.1) is 0 Å². The van der Waals surface area contributed by atoms with Crippen LogP contribution >= 0.6 is 0 Å². The molecule has 0 saturated carbocycles. The summed E-state index contributed by atoms with van der Waals surface area (Å²) in [6, 6.07) is -0.853. The number of hydrogen-bond donors (Lipinski definition) is 6. The zero-order chi connectivity index (χ0) is 54.7. The summed E-state index contributed by atoms with van der Waals surface area (Å²) in [7, 11) is -5.08. The first kappa shape index (κ1) is 72.1. The van der Waals surface area contributed by atoms with Crippen molar-refractivity contribution in [2.75, 3.05) is 13.2 Å². The number of carbonyl (C=O) groups excluding carboxylic acids is 1. The maximum Gasteiger partial charge on any atom is 0.397 e. The second-order valence-electron chi connectivity index (χ2n) is 23.1. The number of ether oxygens (including phenoxy) is 2. The highest BCUT2D eigenvalue weighted by Crippen LogP contribution is 2.27. The van der Waals surface area contributed by atoms with E-state index in [1.54, 1.807) is 0 Å². The quantitative estimate of drug-likeness (QED) is 0.0251. The summed E-state index contributed by atoms with van der Waals surface area (Å²) in [6.07, 6.45) is 54.2. The molecule has 75 heavy (non-hydrogen) atoms. The number of carbonyl (C=O) groups is 1. The van der Waals surface area contributed by atoms with Crippen molar-refractivity contribution in [3.05, 3.63) is 0 Å². The Balaban J connectivity index is 2.20. The molecule has 1 aliphatic heterocycles. The minimum absolute atomic E-state index is 0.221. The molecule has 1 amide bonds. The van der Waals surface area contributed by atoms with Crippen LogP contribution in [0.2, 0.25) is 0 Å². The Labute approximate surface area is 462 Å². The first-order valence-corrected chi connectivity index (χ1v) is 33.8. The summed E-state index contributed by atoms with van der Waals surface area (Å²) in [5, 5.41) is 45.2. The molecule has 0 radical (unpaired) electrons. The predicted molar refractivity (Wildman–Crippen MR) is 310 cm³/mol. The van der Waals surface area contributed by atoms with Crippen LogP contribution in [0.5, 0.6) is 0 Å². The Morgan fingerprint density at radius 2 is 0.773 bits per heavy atom. The molecular weight excluding hydrogens is 967 g/mol. The molecular formula is C62H123NO11S. The van der Waals surface area contributed by atoms with E-state index in [1.807, 2.05) is 0 Å². The van der Waals surface area contributed by atoms with Crippen LogP contribution in [0.3, 0.4) is 0 Å². The number of rotatable bonds is 58. The van der Waals surface area contributed by atoms with Crippen LogP contribution in [0.25, 0.3) is 0 Å². The molecule has 6 N–H and O–H groups in total. The molecule has 0 bridgehead atoms. The zero-order valence-corrected chi connectivity index (χ0v) is 49.7. The summed E-state index contributed by atoms with van der Waals surface area (Å²) in [6.45, 7) is 3.51. The third-order valence-corrected chi connectivity index (χ3v) is 16.4. The van der Waals surface area contributed by atoms with Crippen molar-refractivity contribution >= 4 is 16.3 Å². The van der Waals surface area contributed by atoms with Gasteiger partial charge in [0.25, 0.3) is 0 Å². The molecule has 7 unspecified atom stereocenters. The van der Waals surface area contributed by atoms with Crippen molar-refractivity contribution in [3.63, 3.8) is 0 Å². The van der Waals surface area contributed by atoms with E-state index in [2.05, 4.69) is 23.3 Å². The third-order valence-electron chi connectivity index (χ3n) is 15.9. The minimum Gasteiger partial charge on any atom is -0.394 e. The molecule has 0 aliphatic carbocycles. The fraction of sp³-hybridized carbons (Fsp3) is 0.984. The lowest BCUT2D eigenvalue weighted by Crippen LogP contribution is -2.61. The van der Waals surface area contributed by atoms with E-state index in [4.69, 9.17) is 9.47 Å². The van der Waals surface area contributed by atoms with Crippen LogP contribution in [0.4, 0.5) is 0 Å². The number of unbranched alkanes of at least 4 members (excludes halogenated alkanes) is 46. The molecule has 448 valence electrons. The van der Waals surface area contributed by atoms with Crippen LogP contribution < -0.4 is 5.32 Å². The van der Waals surface area contributed by atoms with Crippen LogP contribution in [0.15, 0.2) is 0 Å². The summed E-state index contributed by atoms with van der Waals surface area (Å²) in [5.41, 5.74) is 0. The first-order valence-electron chi connectivity index (χ1n) is 32.4. The molecule has 0 spiro atoms. The largest absolute Gasteiger partial charge is 0.397 e. The van der Waals surface area contributed by atoms with E-state index >= 15 is 0 Å². The molecule has 0 aromatic rings. The fourth-order valence-electron chi connectivity index (χ4n) is 10.9. The topological polar surface area (TPSA) is 192 Å². The van der Waals surface area contributed by atoms with Gasteiger partial charge in [-0.2, -0.15) is 8.42 Å². The van der Waals surface area contributed by atoms with Gasteiger partial charge in [-0.3, -0.25) is 9.35 Å². The Morgan fingerprint density at radius 3 is 1.07 bits per heavy atom. The van der Waals surface area contributed by atoms with E-state index in [0.717, 1.165) is 51.4 Å². The van der Waals surface area contributed by atoms with Crippen LogP contribution in [-0.4, -0.2) is 95.4 Å². The number of aliphatic hydroxyl groups is 4. The highest BCUT2D eigenvalue weighted by molar-refractivity contribution is 7.80. The lowest BCUT2D eigenvalue weighted by Gasteiger charge is -2.41. The average molecular weight is 1090 g/mol. The van der Waals surface area contributed by atoms with Crippen molar-refractivity contribution in [2.45, 2.75) is 378 Å². The molecule has 1 saturated heterocycles. The highest BCUT2D eigenvalue weighted by Gasteiger charge is 2.48. The number of aliphatic hydroxyl groups excluding tert-OH is 4. The summed E-state index contributed by atoms with van der Waals surface area (Å²) >= 11 is 0. The monoisotopic (exact) mass is 1090 g/mol. The van der Waals surface area contributed by atoms with Gasteiger partial charge in [0.1, 0.15) is 24.4 Å². The SMILES string of the molecule is CCCCCCCCCCCCCCCCCCCCCCCCCCCCCCCCCCC(=O)NC(COC1OC(CO)C(O)C(OS(=O)(=O)O)C1O)C(O)CCCCCCCCCCCCCCCCCC. The van der Waals surface area contributed by atoms with Crippen molar-refractivity contribution in [2.24, 2.45) is 0 Å². The number of nitrogens with one attached hydrogen (secondary N) is 1. The fourth-order valence-corrected chi connectivity index (χ4v) is 11.4. The number of hydrogen-bond acceptors (Lipinski definition) is 10. The molecule has 13 heteroatoms. The van der Waals surface area contributed by atoms with Gasteiger partial charge in [-0.1, -0.05) is 316 Å². The van der Waals surface area contributed by atoms with Crippen molar-refractivity contribution < 1.29 is 51.8 Å². The Morgan fingerprint density at radius 1 is 0.480 bits per heavy atom. The summed E-state index contributed by atoms with van der Waals surface area (Å²) < 4.78 is 48.0. The van der Waals surface area contributed by atoms with Gasteiger partial charge >= 0.3 is 10.4 Å². The van der Waals surface area contributed by atoms with Crippen LogP contribution in [-0.2, 0) is 28.9 Å². The molecule has 1 fully saturated rings. The normalized spacial score (nSPS) is 18.9. The lowest BCUT2D eigenvalue weighted by atomic mass is 9.99. The highest BCUT2D eigenvalue weighted by atomic mass is 32.3. The lowest BCUT2D eigenvalue weighted by molar-refractivity contribution is -0.298. The standard InChI is InChI=1S/C62H123NO11S/c1-3-5-7-9-11-13-15-17-19-21-22-23-24-25-26-27-28-29-30-31-32-33-34-35-36-38-40-42-44-46-48-50-52-58(66)63-55(54-72-62-60(68)61(74-75(69,70)71)59(67)57(53-64)73-62)56(65)51-49-47-45-43-41-39-37-20-18-16-14-12-10-8-6-4-2/h55-57,59-62,64-65,67-68H,3-54H2,1-2H3,(H,63,66)(H,69,70,71). The number of amides is 1. The molecule has 1 heterocycles. The van der Waals surface area contributed by atoms with Gasteiger partial charge < -0.3 is 35.2 Å². The van der Waals surface area contributed by atoms with Gasteiger partial charge in [-0.25, -0.2) is 4.18 Å². The van der Waals surface area contributed by atoms with Crippen molar-refractivity contribution in [1.82, 2.24) is 5.32 Å². The predicted octanol–water partition coefficient (Wildman–Crippen LogP) is 16.0. The van der Waals surface area contributed by atoms with Gasteiger partial charge in [0.15, 0.2) is 6.29 Å². The van der Waals surface area contributed by atoms with E-state index in [9.17, 15) is 38.2 Å². The second kappa shape index (κ2) is 52.5. The molecule has 1 rings (SSSR count). The molecule has 12 nitrogen and oxygen atoms in total. The van der Waals surface area contributed by atoms with E-state index in [1.165, 1.54) is 257 Å². The van der Waals surface area contributed by atoms with Gasteiger partial charge in [0.2, 0.25) is 5.91 Å². The second-order valence-corrected chi connectivity index (χ2v) is 24.1. The van der Waals surface area contributed by atoms with Crippen molar-refractivity contribution in [3.8, 4) is 0 Å². The molecule has 0 aromatic carbocycles. The summed E-state index contributed by atoms with van der Waals surface area (Å²) in [4.78, 5) is 13.2. The molecule has 1 aliphatic rings. The maximum absolute atomic E-state index is 13.2. The van der Waals surface area contributed by atoms with E-state index in [-0.39, 0.29) is 12.5 Å². The Kier molecular flexibility index (Phi) is 50.5. The van der Waals surface area contributed by atoms with E-state index < -0.39 is 59.9 Å². The summed E-state index contributed by atoms with van der Waals surface area (Å²) in [5.74, 6) is -0.221. The maximum atomic E-state index is 13.2. The van der Waals surface area contributed by atoms with Gasteiger partial charge in [0, 0.05) is 6.42 Å². The van der Waals surface area contributed by atoms with Gasteiger partial charge in [0.05, 0.1) is 25.4 Å². The molecule has 0 aromatic heterocycles. The van der Waals surface area contributed by atoms with E-state index in [0.29, 0.717) is 12.8 Å². The van der Waals surface area contributed by atoms with Crippen molar-refractivity contribution in [1.29, 1.82) is 0 Å². The smallest absolute Gasteiger partial charge is 0.394 e. The minimum atomic E-state index is -5.08. The Bertz CT molecular complexity index is 1330. The van der Waals surface area contributed by atoms with Gasteiger partial charge in [-0.05, 0) is 12.8 Å². The van der Waals surface area contributed by atoms with Crippen LogP contribution in [0.1, 0.15) is 335 Å².